The SMILES string of the molecule is O=C(Cc1ccncc1)N1CCCC1c1[nH]n(-c2nc3ccccc3[nH]2)c(=O)c1CCc1ccc(F)cc1. The van der Waals surface area contributed by atoms with Gasteiger partial charge in [0.1, 0.15) is 5.82 Å². The maximum absolute atomic E-state index is 13.8. The van der Waals surface area contributed by atoms with Gasteiger partial charge in [0.25, 0.3) is 5.56 Å². The first-order valence-corrected chi connectivity index (χ1v) is 12.8. The number of hydrogen-bond donors (Lipinski definition) is 2. The van der Waals surface area contributed by atoms with Crippen LogP contribution in [0.1, 0.15) is 41.3 Å². The van der Waals surface area contributed by atoms with Crippen LogP contribution < -0.4 is 5.56 Å². The number of rotatable bonds is 7. The minimum atomic E-state index is -0.294. The molecule has 1 saturated heterocycles. The molecule has 0 bridgehead atoms. The molecule has 38 heavy (non-hydrogen) atoms. The number of benzene rings is 2. The van der Waals surface area contributed by atoms with Crippen molar-refractivity contribution in [3.63, 3.8) is 0 Å². The van der Waals surface area contributed by atoms with Gasteiger partial charge in [-0.05, 0) is 73.2 Å². The number of aromatic nitrogens is 5. The molecule has 6 rings (SSSR count). The largest absolute Gasteiger partial charge is 0.334 e. The van der Waals surface area contributed by atoms with Crippen LogP contribution in [0.2, 0.25) is 0 Å². The number of halogens is 1. The third kappa shape index (κ3) is 4.63. The Morgan fingerprint density at radius 2 is 1.79 bits per heavy atom. The Morgan fingerprint density at radius 3 is 2.58 bits per heavy atom. The number of imidazole rings is 1. The van der Waals surface area contributed by atoms with Gasteiger partial charge in [0, 0.05) is 24.5 Å². The summed E-state index contributed by atoms with van der Waals surface area (Å²) in [6.07, 6.45) is 6.27. The third-order valence-corrected chi connectivity index (χ3v) is 7.20. The Hall–Kier alpha value is -4.53. The topological polar surface area (TPSA) is 99.7 Å². The van der Waals surface area contributed by atoms with Crippen LogP contribution >= 0.6 is 0 Å². The van der Waals surface area contributed by atoms with Gasteiger partial charge >= 0.3 is 0 Å². The Balaban J connectivity index is 1.36. The summed E-state index contributed by atoms with van der Waals surface area (Å²) in [6.45, 7) is 0.629. The quantitative estimate of drug-likeness (QED) is 0.342. The average Bonchev–Trinajstić information content (AvgIpc) is 3.66. The van der Waals surface area contributed by atoms with Gasteiger partial charge in [-0.1, -0.05) is 24.3 Å². The summed E-state index contributed by atoms with van der Waals surface area (Å²) in [5, 5.41) is 3.31. The van der Waals surface area contributed by atoms with Crippen LogP contribution in [0.4, 0.5) is 4.39 Å². The Kier molecular flexibility index (Phi) is 6.33. The van der Waals surface area contributed by atoms with Crippen molar-refractivity contribution in [2.24, 2.45) is 0 Å². The van der Waals surface area contributed by atoms with E-state index in [-0.39, 0.29) is 29.7 Å². The molecule has 4 heterocycles. The van der Waals surface area contributed by atoms with Crippen molar-refractivity contribution in [1.29, 1.82) is 0 Å². The summed E-state index contributed by atoms with van der Waals surface area (Å²) >= 11 is 0. The number of aryl methyl sites for hydroxylation is 1. The number of carbonyl (C=O) groups is 1. The van der Waals surface area contributed by atoms with Crippen LogP contribution in [-0.4, -0.2) is 42.1 Å². The zero-order valence-electron chi connectivity index (χ0n) is 20.7. The average molecular weight is 511 g/mol. The minimum Gasteiger partial charge on any atom is -0.334 e. The van der Waals surface area contributed by atoms with Crippen molar-refractivity contribution < 1.29 is 9.18 Å². The number of nitrogens with one attached hydrogen (secondary N) is 2. The van der Waals surface area contributed by atoms with Crippen molar-refractivity contribution in [3.05, 3.63) is 112 Å². The molecule has 1 amide bonds. The maximum atomic E-state index is 13.8. The molecule has 192 valence electrons. The summed E-state index contributed by atoms with van der Waals surface area (Å²) in [7, 11) is 0. The summed E-state index contributed by atoms with van der Waals surface area (Å²) in [4.78, 5) is 40.9. The lowest BCUT2D eigenvalue weighted by molar-refractivity contribution is -0.131. The highest BCUT2D eigenvalue weighted by atomic mass is 19.1. The number of carbonyl (C=O) groups excluding carboxylic acids is 1. The number of fused-ring (bicyclic) bond motifs is 1. The fraction of sp³-hybridized carbons (Fsp3) is 0.241. The summed E-state index contributed by atoms with van der Waals surface area (Å²) in [5.41, 5.74) is 4.57. The fourth-order valence-electron chi connectivity index (χ4n) is 5.26. The molecule has 1 aliphatic rings. The van der Waals surface area contributed by atoms with Crippen LogP contribution in [0.5, 0.6) is 0 Å². The van der Waals surface area contributed by atoms with Crippen LogP contribution in [0.15, 0.2) is 77.9 Å². The molecule has 8 nitrogen and oxygen atoms in total. The molecule has 1 fully saturated rings. The lowest BCUT2D eigenvalue weighted by atomic mass is 10.00. The lowest BCUT2D eigenvalue weighted by Crippen LogP contribution is -2.32. The Bertz CT molecular complexity index is 1600. The van der Waals surface area contributed by atoms with Gasteiger partial charge in [0.2, 0.25) is 11.9 Å². The lowest BCUT2D eigenvalue weighted by Gasteiger charge is -2.25. The summed E-state index contributed by atoms with van der Waals surface area (Å²) < 4.78 is 14.9. The molecule has 0 aliphatic carbocycles. The highest BCUT2D eigenvalue weighted by Gasteiger charge is 2.34. The van der Waals surface area contributed by atoms with Crippen molar-refractivity contribution in [2.75, 3.05) is 6.54 Å². The van der Waals surface area contributed by atoms with Gasteiger partial charge < -0.3 is 9.88 Å². The van der Waals surface area contributed by atoms with Crippen LogP contribution in [0.25, 0.3) is 17.0 Å². The highest BCUT2D eigenvalue weighted by molar-refractivity contribution is 5.79. The molecule has 0 spiro atoms. The molecule has 1 atom stereocenters. The molecule has 1 unspecified atom stereocenters. The van der Waals surface area contributed by atoms with Crippen molar-refractivity contribution in [1.82, 2.24) is 29.6 Å². The van der Waals surface area contributed by atoms with E-state index in [1.165, 1.54) is 16.8 Å². The number of para-hydroxylation sites is 2. The second kappa shape index (κ2) is 10.1. The number of nitrogens with zero attached hydrogens (tertiary/aromatic N) is 4. The van der Waals surface area contributed by atoms with E-state index in [2.05, 4.69) is 20.1 Å². The number of aromatic amines is 2. The second-order valence-electron chi connectivity index (χ2n) is 9.63. The van der Waals surface area contributed by atoms with E-state index >= 15 is 0 Å². The van der Waals surface area contributed by atoms with E-state index in [0.29, 0.717) is 30.9 Å². The zero-order chi connectivity index (χ0) is 26.1. The van der Waals surface area contributed by atoms with E-state index in [1.807, 2.05) is 41.3 Å². The van der Waals surface area contributed by atoms with Crippen molar-refractivity contribution >= 4 is 16.9 Å². The third-order valence-electron chi connectivity index (χ3n) is 7.20. The smallest absolute Gasteiger partial charge is 0.277 e. The molecular formula is C29H27FN6O2. The van der Waals surface area contributed by atoms with Crippen molar-refractivity contribution in [3.8, 4) is 5.95 Å². The number of hydrogen-bond acceptors (Lipinski definition) is 4. The standard InChI is InChI=1S/C29H27FN6O2/c30-21-10-7-19(8-11-21)9-12-22-27(25-6-3-17-35(25)26(37)18-20-13-15-31-16-14-20)34-36(28(22)38)29-32-23-4-1-2-5-24(23)33-29/h1-2,4-5,7-8,10-11,13-16,25,34H,3,6,9,12,17-18H2,(H,32,33). The molecule has 2 aromatic carbocycles. The number of pyridine rings is 1. The molecule has 0 saturated carbocycles. The van der Waals surface area contributed by atoms with Gasteiger partial charge in [-0.2, -0.15) is 4.68 Å². The second-order valence-corrected chi connectivity index (χ2v) is 9.63. The predicted octanol–water partition coefficient (Wildman–Crippen LogP) is 4.27. The molecule has 9 heteroatoms. The maximum Gasteiger partial charge on any atom is 0.277 e. The normalized spacial score (nSPS) is 15.4. The van der Waals surface area contributed by atoms with Gasteiger partial charge in [-0.25, -0.2) is 9.37 Å². The zero-order valence-corrected chi connectivity index (χ0v) is 20.7. The first-order chi connectivity index (χ1) is 18.6. The predicted molar refractivity (Wildman–Crippen MR) is 141 cm³/mol. The van der Waals surface area contributed by atoms with E-state index < -0.39 is 0 Å². The summed E-state index contributed by atoms with van der Waals surface area (Å²) in [5.74, 6) is 0.122. The van der Waals surface area contributed by atoms with E-state index in [9.17, 15) is 14.0 Å². The number of likely N-dealkylation sites (tertiary alicyclic amines) is 1. The molecular weight excluding hydrogens is 483 g/mol. The van der Waals surface area contributed by atoms with Crippen LogP contribution in [-0.2, 0) is 24.1 Å². The summed E-state index contributed by atoms with van der Waals surface area (Å²) in [6, 6.07) is 17.4. The van der Waals surface area contributed by atoms with Gasteiger partial charge in [-0.15, -0.1) is 0 Å². The monoisotopic (exact) mass is 510 g/mol. The molecule has 1 aliphatic heterocycles. The molecule has 5 aromatic rings. The van der Waals surface area contributed by atoms with Crippen molar-refractivity contribution in [2.45, 2.75) is 38.1 Å². The molecule has 0 radical (unpaired) electrons. The first-order valence-electron chi connectivity index (χ1n) is 12.8. The number of amides is 1. The van der Waals surface area contributed by atoms with E-state index in [1.54, 1.807) is 24.5 Å². The van der Waals surface area contributed by atoms with E-state index in [4.69, 9.17) is 0 Å². The van der Waals surface area contributed by atoms with Gasteiger partial charge in [-0.3, -0.25) is 19.7 Å². The highest BCUT2D eigenvalue weighted by Crippen LogP contribution is 2.33. The van der Waals surface area contributed by atoms with Gasteiger partial charge in [0.15, 0.2) is 0 Å². The molecule has 2 N–H and O–H groups in total. The Labute approximate surface area is 218 Å². The first kappa shape index (κ1) is 23.8. The number of H-pyrrole nitrogens is 2. The molecule has 3 aromatic heterocycles. The van der Waals surface area contributed by atoms with Gasteiger partial charge in [0.05, 0.1) is 29.2 Å². The fourth-order valence-corrected chi connectivity index (χ4v) is 5.26. The Morgan fingerprint density at radius 1 is 1.00 bits per heavy atom. The van der Waals surface area contributed by atoms with Crippen LogP contribution in [0.3, 0.4) is 0 Å². The van der Waals surface area contributed by atoms with Crippen LogP contribution in [0, 0.1) is 5.82 Å². The van der Waals surface area contributed by atoms with E-state index in [0.717, 1.165) is 40.7 Å². The minimum absolute atomic E-state index is 0.0144.